The summed E-state index contributed by atoms with van der Waals surface area (Å²) in [5.41, 5.74) is 3.29. The number of piperidine rings is 1. The van der Waals surface area contributed by atoms with E-state index < -0.39 is 0 Å². The normalized spacial score (nSPS) is 15.8. The van der Waals surface area contributed by atoms with Crippen molar-refractivity contribution >= 4 is 22.5 Å². The highest BCUT2D eigenvalue weighted by molar-refractivity contribution is 6.30. The SMILES string of the molecule is CC(C)(C)N1CCC(CCOCCNCc2cc(F)cc3c2ccn3Cc2ccc(Cl)cc2)CC1. The molecule has 1 aliphatic rings. The Hall–Kier alpha value is -1.92. The first-order chi connectivity index (χ1) is 16.8. The van der Waals surface area contributed by atoms with E-state index in [1.807, 2.05) is 30.5 Å². The van der Waals surface area contributed by atoms with Crippen LogP contribution in [-0.4, -0.2) is 47.9 Å². The third-order valence-electron chi connectivity index (χ3n) is 7.18. The lowest BCUT2D eigenvalue weighted by molar-refractivity contribution is 0.0672. The maximum atomic E-state index is 14.4. The number of hydrogen-bond donors (Lipinski definition) is 1. The highest BCUT2D eigenvalue weighted by atomic mass is 35.5. The lowest BCUT2D eigenvalue weighted by Gasteiger charge is -2.40. The van der Waals surface area contributed by atoms with Crippen LogP contribution in [0.15, 0.2) is 48.7 Å². The third kappa shape index (κ3) is 7.29. The second-order valence-corrected chi connectivity index (χ2v) is 11.2. The molecule has 6 heteroatoms. The summed E-state index contributed by atoms with van der Waals surface area (Å²) in [6, 6.07) is 13.1. The van der Waals surface area contributed by atoms with E-state index in [2.05, 4.69) is 41.6 Å². The van der Waals surface area contributed by atoms with Crippen LogP contribution in [0.1, 0.15) is 51.2 Å². The molecule has 0 spiro atoms. The summed E-state index contributed by atoms with van der Waals surface area (Å²) < 4.78 is 22.4. The fourth-order valence-corrected chi connectivity index (χ4v) is 5.14. The van der Waals surface area contributed by atoms with E-state index in [0.717, 1.165) is 52.5 Å². The largest absolute Gasteiger partial charge is 0.380 e. The van der Waals surface area contributed by atoms with Crippen LogP contribution < -0.4 is 5.32 Å². The molecule has 0 saturated carbocycles. The molecular weight excluding hydrogens is 461 g/mol. The average Bonchev–Trinajstić information content (AvgIpc) is 3.22. The molecule has 0 aliphatic carbocycles. The minimum absolute atomic E-state index is 0.209. The highest BCUT2D eigenvalue weighted by Gasteiger charge is 2.26. The van der Waals surface area contributed by atoms with Crippen LogP contribution in [0.4, 0.5) is 4.39 Å². The first kappa shape index (κ1) is 26.2. The molecule has 35 heavy (non-hydrogen) atoms. The van der Waals surface area contributed by atoms with Gasteiger partial charge in [0.1, 0.15) is 5.82 Å². The molecule has 2 heterocycles. The molecule has 0 unspecified atom stereocenters. The standard InChI is InChI=1S/C29H39ClFN3O/c1-29(2,3)34-14-8-22(9-15-34)11-16-35-17-12-32-20-24-18-26(31)19-28-27(24)10-13-33(28)21-23-4-6-25(30)7-5-23/h4-7,10,13,18-19,22,32H,8-9,11-12,14-17,20-21H2,1-3H3. The molecule has 4 nitrogen and oxygen atoms in total. The maximum Gasteiger partial charge on any atom is 0.125 e. The van der Waals surface area contributed by atoms with Gasteiger partial charge in [-0.2, -0.15) is 0 Å². The van der Waals surface area contributed by atoms with Crippen LogP contribution in [-0.2, 0) is 17.8 Å². The van der Waals surface area contributed by atoms with Crippen LogP contribution in [0.2, 0.25) is 5.02 Å². The molecule has 1 N–H and O–H groups in total. The quantitative estimate of drug-likeness (QED) is 0.323. The zero-order chi connectivity index (χ0) is 24.8. The lowest BCUT2D eigenvalue weighted by Crippen LogP contribution is -2.46. The third-order valence-corrected chi connectivity index (χ3v) is 7.43. The molecular formula is C29H39ClFN3O. The number of halogens is 2. The predicted octanol–water partition coefficient (Wildman–Crippen LogP) is 6.49. The molecule has 0 bridgehead atoms. The molecule has 190 valence electrons. The van der Waals surface area contributed by atoms with Crippen molar-refractivity contribution in [3.63, 3.8) is 0 Å². The van der Waals surface area contributed by atoms with Gasteiger partial charge in [0.15, 0.2) is 0 Å². The zero-order valence-corrected chi connectivity index (χ0v) is 22.1. The summed E-state index contributed by atoms with van der Waals surface area (Å²) in [4.78, 5) is 2.59. The van der Waals surface area contributed by atoms with Crippen molar-refractivity contribution in [3.05, 3.63) is 70.6 Å². The van der Waals surface area contributed by atoms with Gasteiger partial charge < -0.3 is 14.6 Å². The fourth-order valence-electron chi connectivity index (χ4n) is 5.02. The Morgan fingerprint density at radius 3 is 2.51 bits per heavy atom. The molecule has 0 atom stereocenters. The summed E-state index contributed by atoms with van der Waals surface area (Å²) in [5.74, 6) is 0.568. The second-order valence-electron chi connectivity index (χ2n) is 10.7. The van der Waals surface area contributed by atoms with Crippen molar-refractivity contribution in [2.75, 3.05) is 32.8 Å². The average molecular weight is 500 g/mol. The number of likely N-dealkylation sites (tertiary alicyclic amines) is 1. The number of ether oxygens (including phenoxy) is 1. The van der Waals surface area contributed by atoms with Gasteiger partial charge in [0, 0.05) is 48.4 Å². The zero-order valence-electron chi connectivity index (χ0n) is 21.3. The summed E-state index contributed by atoms with van der Waals surface area (Å²) in [6.45, 7) is 12.8. The van der Waals surface area contributed by atoms with E-state index in [1.54, 1.807) is 12.1 Å². The molecule has 0 amide bonds. The predicted molar refractivity (Wildman–Crippen MR) is 144 cm³/mol. The first-order valence-corrected chi connectivity index (χ1v) is 13.2. The number of benzene rings is 2. The number of aromatic nitrogens is 1. The van der Waals surface area contributed by atoms with Crippen LogP contribution in [0.3, 0.4) is 0 Å². The van der Waals surface area contributed by atoms with E-state index in [1.165, 1.54) is 25.9 Å². The van der Waals surface area contributed by atoms with Crippen molar-refractivity contribution in [1.82, 2.24) is 14.8 Å². The Bertz CT molecular complexity index is 1080. The van der Waals surface area contributed by atoms with Gasteiger partial charge in [-0.1, -0.05) is 23.7 Å². The molecule has 1 aromatic heterocycles. The molecule has 4 rings (SSSR count). The van der Waals surface area contributed by atoms with Gasteiger partial charge in [0.2, 0.25) is 0 Å². The molecule has 1 saturated heterocycles. The van der Waals surface area contributed by atoms with E-state index in [-0.39, 0.29) is 11.4 Å². The Morgan fingerprint density at radius 2 is 1.80 bits per heavy atom. The molecule has 1 fully saturated rings. The van der Waals surface area contributed by atoms with E-state index in [9.17, 15) is 4.39 Å². The molecule has 2 aromatic carbocycles. The van der Waals surface area contributed by atoms with Crippen LogP contribution in [0.25, 0.3) is 10.9 Å². The van der Waals surface area contributed by atoms with Crippen molar-refractivity contribution in [2.45, 2.75) is 58.7 Å². The monoisotopic (exact) mass is 499 g/mol. The van der Waals surface area contributed by atoms with Gasteiger partial charge in [-0.15, -0.1) is 0 Å². The summed E-state index contributed by atoms with van der Waals surface area (Å²) in [6.07, 6.45) is 5.71. The number of fused-ring (bicyclic) bond motifs is 1. The summed E-state index contributed by atoms with van der Waals surface area (Å²) in [5, 5.41) is 5.22. The number of hydrogen-bond acceptors (Lipinski definition) is 3. The maximum absolute atomic E-state index is 14.4. The van der Waals surface area contributed by atoms with Crippen molar-refractivity contribution in [1.29, 1.82) is 0 Å². The van der Waals surface area contributed by atoms with Gasteiger partial charge in [-0.25, -0.2) is 4.39 Å². The fraction of sp³-hybridized carbons (Fsp3) is 0.517. The Kier molecular flexibility index (Phi) is 8.87. The van der Waals surface area contributed by atoms with Crippen molar-refractivity contribution in [3.8, 4) is 0 Å². The van der Waals surface area contributed by atoms with E-state index >= 15 is 0 Å². The van der Waals surface area contributed by atoms with Crippen LogP contribution in [0, 0.1) is 11.7 Å². The van der Waals surface area contributed by atoms with Gasteiger partial charge in [0.25, 0.3) is 0 Å². The highest BCUT2D eigenvalue weighted by Crippen LogP contribution is 2.26. The van der Waals surface area contributed by atoms with Gasteiger partial charge in [0.05, 0.1) is 12.1 Å². The Labute approximate surface area is 214 Å². The van der Waals surface area contributed by atoms with E-state index in [4.69, 9.17) is 16.3 Å². The van der Waals surface area contributed by atoms with Gasteiger partial charge in [-0.05, 0) is 100 Å². The first-order valence-electron chi connectivity index (χ1n) is 12.8. The van der Waals surface area contributed by atoms with E-state index in [0.29, 0.717) is 19.7 Å². The van der Waals surface area contributed by atoms with Crippen molar-refractivity contribution < 1.29 is 9.13 Å². The summed E-state index contributed by atoms with van der Waals surface area (Å²) in [7, 11) is 0. The smallest absolute Gasteiger partial charge is 0.125 e. The van der Waals surface area contributed by atoms with Gasteiger partial charge in [-0.3, -0.25) is 4.90 Å². The number of nitrogens with zero attached hydrogens (tertiary/aromatic N) is 2. The number of nitrogens with one attached hydrogen (secondary N) is 1. The molecule has 3 aromatic rings. The Balaban J connectivity index is 1.20. The topological polar surface area (TPSA) is 29.4 Å². The molecule has 1 aliphatic heterocycles. The van der Waals surface area contributed by atoms with Gasteiger partial charge >= 0.3 is 0 Å². The van der Waals surface area contributed by atoms with Crippen LogP contribution in [0.5, 0.6) is 0 Å². The molecule has 0 radical (unpaired) electrons. The van der Waals surface area contributed by atoms with Crippen molar-refractivity contribution in [2.24, 2.45) is 5.92 Å². The minimum atomic E-state index is -0.209. The lowest BCUT2D eigenvalue weighted by atomic mass is 9.91. The summed E-state index contributed by atoms with van der Waals surface area (Å²) >= 11 is 6.00. The van der Waals surface area contributed by atoms with Crippen LogP contribution >= 0.6 is 11.6 Å². The number of rotatable bonds is 10. The second kappa shape index (κ2) is 11.9. The minimum Gasteiger partial charge on any atom is -0.380 e. The Morgan fingerprint density at radius 1 is 1.06 bits per heavy atom.